The van der Waals surface area contributed by atoms with Crippen molar-refractivity contribution >= 4 is 5.96 Å². The maximum atomic E-state index is 10.6. The van der Waals surface area contributed by atoms with E-state index in [1.54, 1.807) is 0 Å². The van der Waals surface area contributed by atoms with E-state index in [0.29, 0.717) is 0 Å². The number of ether oxygens (including phenoxy) is 1. The van der Waals surface area contributed by atoms with Crippen LogP contribution in [0.25, 0.3) is 0 Å². The Balaban J connectivity index is 2.91. The third kappa shape index (κ3) is 1.79. The molecule has 78 valence electrons. The molecular formula is C7H12N3O4+. The van der Waals surface area contributed by atoms with E-state index >= 15 is 0 Å². The van der Waals surface area contributed by atoms with Gasteiger partial charge in [0.2, 0.25) is 0 Å². The summed E-state index contributed by atoms with van der Waals surface area (Å²) >= 11 is 0. The molecule has 1 rings (SSSR count). The molecule has 0 aromatic heterocycles. The van der Waals surface area contributed by atoms with E-state index in [-0.39, 0.29) is 30.3 Å². The molecule has 1 aliphatic heterocycles. The van der Waals surface area contributed by atoms with Gasteiger partial charge in [-0.05, 0) is 0 Å². The molecule has 1 heterocycles. The van der Waals surface area contributed by atoms with Crippen LogP contribution in [0, 0.1) is 10.1 Å². The van der Waals surface area contributed by atoms with Crippen LogP contribution in [0.4, 0.5) is 0 Å². The first kappa shape index (κ1) is 10.8. The number of rotatable bonds is 4. The van der Waals surface area contributed by atoms with Crippen LogP contribution in [0.2, 0.25) is 0 Å². The Labute approximate surface area is 80.7 Å². The highest BCUT2D eigenvalue weighted by molar-refractivity contribution is 5.67. The predicted molar refractivity (Wildman–Crippen MR) is 47.7 cm³/mol. The summed E-state index contributed by atoms with van der Waals surface area (Å²) in [6.45, 7) is 0.113. The van der Waals surface area contributed by atoms with Gasteiger partial charge in [0.1, 0.15) is 6.54 Å². The zero-order valence-electron chi connectivity index (χ0n) is 7.79. The fraction of sp³-hybridized carbons (Fsp3) is 0.571. The lowest BCUT2D eigenvalue weighted by atomic mass is 10.5. The number of aliphatic hydroxyl groups excluding tert-OH is 1. The second-order valence-electron chi connectivity index (χ2n) is 2.88. The number of aliphatic imine (C=N–C) groups is 1. The highest BCUT2D eigenvalue weighted by Crippen LogP contribution is 2.16. The Morgan fingerprint density at radius 3 is 3.00 bits per heavy atom. The van der Waals surface area contributed by atoms with Gasteiger partial charge in [0, 0.05) is 17.0 Å². The van der Waals surface area contributed by atoms with Gasteiger partial charge in [0.25, 0.3) is 0 Å². The second-order valence-corrected chi connectivity index (χ2v) is 2.88. The summed E-state index contributed by atoms with van der Waals surface area (Å²) in [5.41, 5.74) is 0. The van der Waals surface area contributed by atoms with Gasteiger partial charge >= 0.3 is 5.96 Å². The number of aliphatic hydroxyl groups is 1. The summed E-state index contributed by atoms with van der Waals surface area (Å²) in [6.07, 6.45) is 2.89. The van der Waals surface area contributed by atoms with E-state index in [0.717, 1.165) is 0 Å². The molecule has 1 aliphatic rings. The van der Waals surface area contributed by atoms with Gasteiger partial charge in [-0.2, -0.15) is 4.48 Å². The summed E-state index contributed by atoms with van der Waals surface area (Å²) in [5, 5.41) is 19.5. The molecule has 0 saturated carbocycles. The average Bonchev–Trinajstić information content (AvgIpc) is 2.50. The molecule has 0 fully saturated rings. The van der Waals surface area contributed by atoms with Crippen LogP contribution in [0.15, 0.2) is 17.4 Å². The summed E-state index contributed by atoms with van der Waals surface area (Å²) in [6, 6.07) is 0. The molecule has 1 N–H and O–H groups in total. The number of nitro groups is 1. The SMILES string of the molecule is COC[N+]1(CCO)C=CN=C1[N+](=O)[O-]. The van der Waals surface area contributed by atoms with E-state index in [9.17, 15) is 10.1 Å². The molecule has 0 amide bonds. The Bertz CT molecular complexity index is 281. The minimum Gasteiger partial charge on any atom is -0.390 e. The largest absolute Gasteiger partial charge is 0.545 e. The lowest BCUT2D eigenvalue weighted by molar-refractivity contribution is -0.842. The highest BCUT2D eigenvalue weighted by atomic mass is 16.6. The molecule has 0 aliphatic carbocycles. The third-order valence-electron chi connectivity index (χ3n) is 1.96. The van der Waals surface area contributed by atoms with Crippen LogP contribution in [-0.2, 0) is 4.74 Å². The smallest absolute Gasteiger partial charge is 0.390 e. The van der Waals surface area contributed by atoms with Crippen molar-refractivity contribution in [2.75, 3.05) is 27.0 Å². The molecule has 7 heteroatoms. The van der Waals surface area contributed by atoms with Crippen LogP contribution in [0.5, 0.6) is 0 Å². The quantitative estimate of drug-likeness (QED) is 0.379. The maximum absolute atomic E-state index is 10.6. The van der Waals surface area contributed by atoms with Crippen LogP contribution in [-0.4, -0.2) is 47.5 Å². The van der Waals surface area contributed by atoms with Gasteiger partial charge in [0.05, 0.1) is 6.61 Å². The summed E-state index contributed by atoms with van der Waals surface area (Å²) in [4.78, 5) is 13.7. The van der Waals surface area contributed by atoms with Gasteiger partial charge < -0.3 is 20.0 Å². The zero-order valence-corrected chi connectivity index (χ0v) is 7.79. The monoisotopic (exact) mass is 202 g/mol. The first-order valence-corrected chi connectivity index (χ1v) is 4.03. The van der Waals surface area contributed by atoms with Crippen LogP contribution < -0.4 is 0 Å². The number of methoxy groups -OCH3 is 1. The fourth-order valence-corrected chi connectivity index (χ4v) is 1.37. The minimum atomic E-state index is -0.561. The van der Waals surface area contributed by atoms with Crippen molar-refractivity contribution in [2.45, 2.75) is 0 Å². The maximum Gasteiger partial charge on any atom is 0.545 e. The van der Waals surface area contributed by atoms with Crippen molar-refractivity contribution in [3.63, 3.8) is 0 Å². The highest BCUT2D eigenvalue weighted by Gasteiger charge is 2.45. The minimum absolute atomic E-state index is 0.0941. The van der Waals surface area contributed by atoms with Crippen LogP contribution in [0.1, 0.15) is 0 Å². The Hall–Kier alpha value is -1.31. The van der Waals surface area contributed by atoms with Crippen LogP contribution in [0.3, 0.4) is 0 Å². The standard InChI is InChI=1S/C7H12N3O4/c1-14-6-10(4-5-11)3-2-8-7(10)9(12)13/h2-3,11H,4-6H2,1H3/q+1. The number of hydrogen-bond acceptors (Lipinski definition) is 5. The molecule has 0 aromatic rings. The van der Waals surface area contributed by atoms with Crippen molar-refractivity contribution in [2.24, 2.45) is 4.99 Å². The van der Waals surface area contributed by atoms with Gasteiger partial charge in [-0.15, -0.1) is 0 Å². The fourth-order valence-electron chi connectivity index (χ4n) is 1.37. The van der Waals surface area contributed by atoms with Gasteiger partial charge in [-0.3, -0.25) is 0 Å². The molecule has 1 unspecified atom stereocenters. The van der Waals surface area contributed by atoms with Gasteiger partial charge in [-0.25, -0.2) is 0 Å². The van der Waals surface area contributed by atoms with Gasteiger partial charge in [0.15, 0.2) is 19.1 Å². The molecule has 0 radical (unpaired) electrons. The lowest BCUT2D eigenvalue weighted by Crippen LogP contribution is -2.52. The molecule has 0 aromatic carbocycles. The normalized spacial score (nSPS) is 25.1. The number of hydrogen-bond donors (Lipinski definition) is 1. The first-order chi connectivity index (χ1) is 6.66. The number of nitrogens with zero attached hydrogens (tertiary/aromatic N) is 3. The van der Waals surface area contributed by atoms with Crippen molar-refractivity contribution in [3.8, 4) is 0 Å². The van der Waals surface area contributed by atoms with E-state index in [1.165, 1.54) is 19.5 Å². The lowest BCUT2D eigenvalue weighted by Gasteiger charge is -2.24. The van der Waals surface area contributed by atoms with Crippen molar-refractivity contribution in [1.29, 1.82) is 0 Å². The van der Waals surface area contributed by atoms with Gasteiger partial charge in [-0.1, -0.05) is 0 Å². The summed E-state index contributed by atoms with van der Waals surface area (Å²) < 4.78 is 4.72. The number of guanidine groups is 1. The average molecular weight is 202 g/mol. The summed E-state index contributed by atoms with van der Waals surface area (Å²) in [7, 11) is 1.45. The van der Waals surface area contributed by atoms with E-state index in [1.807, 2.05) is 0 Å². The predicted octanol–water partition coefficient (Wildman–Crippen LogP) is -0.483. The van der Waals surface area contributed by atoms with Crippen molar-refractivity contribution in [1.82, 2.24) is 0 Å². The third-order valence-corrected chi connectivity index (χ3v) is 1.96. The van der Waals surface area contributed by atoms with E-state index < -0.39 is 4.92 Å². The molecule has 14 heavy (non-hydrogen) atoms. The Kier molecular flexibility index (Phi) is 3.28. The first-order valence-electron chi connectivity index (χ1n) is 4.03. The van der Waals surface area contributed by atoms with Crippen molar-refractivity contribution < 1.29 is 19.2 Å². The molecule has 1 atom stereocenters. The van der Waals surface area contributed by atoms with Crippen LogP contribution >= 0.6 is 0 Å². The Morgan fingerprint density at radius 1 is 1.79 bits per heavy atom. The second kappa shape index (κ2) is 4.27. The van der Waals surface area contributed by atoms with E-state index in [2.05, 4.69) is 4.99 Å². The molecule has 7 nitrogen and oxygen atoms in total. The van der Waals surface area contributed by atoms with E-state index in [4.69, 9.17) is 9.84 Å². The topological polar surface area (TPSA) is 85.0 Å². The molecule has 0 bridgehead atoms. The summed E-state index contributed by atoms with van der Waals surface area (Å²) in [5.74, 6) is -0.221. The molecular weight excluding hydrogens is 190 g/mol. The Morgan fingerprint density at radius 2 is 2.50 bits per heavy atom. The molecule has 0 spiro atoms. The zero-order chi connectivity index (χ0) is 10.6. The van der Waals surface area contributed by atoms with Crippen molar-refractivity contribution in [3.05, 3.63) is 22.5 Å². The number of quaternary nitrogens is 1. The molecule has 0 saturated heterocycles.